The van der Waals surface area contributed by atoms with Crippen LogP contribution in [0.1, 0.15) is 45.4 Å². The lowest BCUT2D eigenvalue weighted by atomic mass is 9.93. The molecule has 4 nitrogen and oxygen atoms in total. The van der Waals surface area contributed by atoms with Gasteiger partial charge in [0.05, 0.1) is 18.8 Å². The lowest BCUT2D eigenvalue weighted by Crippen LogP contribution is -2.42. The van der Waals surface area contributed by atoms with Crippen LogP contribution in [0.5, 0.6) is 0 Å². The number of ether oxygens (including phenoxy) is 2. The minimum atomic E-state index is -0.349. The highest BCUT2D eigenvalue weighted by atomic mass is 16.5. The number of piperidine rings is 1. The first kappa shape index (κ1) is 16.2. The van der Waals surface area contributed by atoms with Crippen molar-refractivity contribution in [2.75, 3.05) is 39.5 Å². The Morgan fingerprint density at radius 1 is 1.30 bits per heavy atom. The number of rotatable bonds is 7. The Hall–Kier alpha value is -0.160. The first-order valence-corrected chi connectivity index (χ1v) is 8.37. The normalized spacial score (nSPS) is 27.6. The van der Waals surface area contributed by atoms with Gasteiger partial charge < -0.3 is 19.5 Å². The van der Waals surface area contributed by atoms with Crippen molar-refractivity contribution in [3.63, 3.8) is 0 Å². The van der Waals surface area contributed by atoms with Gasteiger partial charge in [0.25, 0.3) is 0 Å². The van der Waals surface area contributed by atoms with E-state index >= 15 is 0 Å². The maximum absolute atomic E-state index is 10.2. The second-order valence-electron chi connectivity index (χ2n) is 6.36. The number of hydrogen-bond donors (Lipinski definition) is 1. The summed E-state index contributed by atoms with van der Waals surface area (Å²) in [4.78, 5) is 2.42. The van der Waals surface area contributed by atoms with Gasteiger partial charge in [0.15, 0.2) is 0 Å². The van der Waals surface area contributed by atoms with Gasteiger partial charge in [0.2, 0.25) is 0 Å². The number of β-amino-alcohol motifs (C(OH)–C–C–N with tert-alkyl or cyclic N) is 1. The molecule has 2 heterocycles. The average Bonchev–Trinajstić information content (AvgIpc) is 2.47. The monoisotopic (exact) mass is 285 g/mol. The molecule has 2 unspecified atom stereocenters. The summed E-state index contributed by atoms with van der Waals surface area (Å²) in [6, 6.07) is 0. The average molecular weight is 285 g/mol. The zero-order valence-electron chi connectivity index (χ0n) is 12.9. The predicted octanol–water partition coefficient (Wildman–Crippen LogP) is 2.06. The highest BCUT2D eigenvalue weighted by molar-refractivity contribution is 4.75. The Morgan fingerprint density at radius 3 is 2.85 bits per heavy atom. The van der Waals surface area contributed by atoms with Crippen LogP contribution in [0.3, 0.4) is 0 Å². The second-order valence-corrected chi connectivity index (χ2v) is 6.36. The first-order chi connectivity index (χ1) is 9.78. The quantitative estimate of drug-likeness (QED) is 0.777. The van der Waals surface area contributed by atoms with E-state index < -0.39 is 0 Å². The molecule has 0 aromatic carbocycles. The summed E-state index contributed by atoms with van der Waals surface area (Å²) in [6.07, 6.45) is 7.10. The van der Waals surface area contributed by atoms with Gasteiger partial charge in [-0.25, -0.2) is 0 Å². The van der Waals surface area contributed by atoms with E-state index in [1.54, 1.807) is 0 Å². The van der Waals surface area contributed by atoms with Crippen molar-refractivity contribution >= 4 is 0 Å². The summed E-state index contributed by atoms with van der Waals surface area (Å²) in [7, 11) is 0. The molecule has 2 rings (SSSR count). The van der Waals surface area contributed by atoms with E-state index in [9.17, 15) is 5.11 Å². The highest BCUT2D eigenvalue weighted by Crippen LogP contribution is 2.21. The van der Waals surface area contributed by atoms with Crippen LogP contribution in [0.4, 0.5) is 0 Å². The van der Waals surface area contributed by atoms with Crippen LogP contribution < -0.4 is 0 Å². The minimum Gasteiger partial charge on any atom is -0.389 e. The van der Waals surface area contributed by atoms with Gasteiger partial charge in [0.1, 0.15) is 0 Å². The SMILES string of the molecule is CCCC1CCCN(CC(O)COC2CCOCC2)C1. The molecule has 0 aromatic rings. The van der Waals surface area contributed by atoms with Gasteiger partial charge in [-0.1, -0.05) is 13.3 Å². The fourth-order valence-electron chi connectivity index (χ4n) is 3.40. The zero-order valence-corrected chi connectivity index (χ0v) is 12.9. The number of likely N-dealkylation sites (tertiary alicyclic amines) is 1. The third kappa shape index (κ3) is 5.68. The van der Waals surface area contributed by atoms with E-state index in [1.165, 1.54) is 25.7 Å². The molecule has 0 aliphatic carbocycles. The lowest BCUT2D eigenvalue weighted by Gasteiger charge is -2.34. The first-order valence-electron chi connectivity index (χ1n) is 8.37. The molecule has 0 amide bonds. The molecular weight excluding hydrogens is 254 g/mol. The Bertz CT molecular complexity index is 254. The van der Waals surface area contributed by atoms with E-state index in [4.69, 9.17) is 9.47 Å². The van der Waals surface area contributed by atoms with Gasteiger partial charge in [-0.05, 0) is 44.6 Å². The van der Waals surface area contributed by atoms with Gasteiger partial charge in [-0.15, -0.1) is 0 Å². The summed E-state index contributed by atoms with van der Waals surface area (Å²) in [5, 5.41) is 10.2. The zero-order chi connectivity index (χ0) is 14.2. The highest BCUT2D eigenvalue weighted by Gasteiger charge is 2.22. The predicted molar refractivity (Wildman–Crippen MR) is 79.9 cm³/mol. The van der Waals surface area contributed by atoms with E-state index in [0.29, 0.717) is 6.61 Å². The van der Waals surface area contributed by atoms with E-state index in [1.807, 2.05) is 0 Å². The standard InChI is InChI=1S/C16H31NO3/c1-2-4-14-5-3-8-17(11-14)12-15(18)13-20-16-6-9-19-10-7-16/h14-16,18H,2-13H2,1H3. The third-order valence-electron chi connectivity index (χ3n) is 4.46. The van der Waals surface area contributed by atoms with Crippen molar-refractivity contribution in [2.45, 2.75) is 57.7 Å². The topological polar surface area (TPSA) is 41.9 Å². The van der Waals surface area contributed by atoms with Crippen molar-refractivity contribution in [2.24, 2.45) is 5.92 Å². The van der Waals surface area contributed by atoms with Crippen LogP contribution in [0, 0.1) is 5.92 Å². The van der Waals surface area contributed by atoms with Crippen LogP contribution in [0.15, 0.2) is 0 Å². The summed E-state index contributed by atoms with van der Waals surface area (Å²) in [6.45, 7) is 7.38. The Kier molecular flexibility index (Phi) is 7.28. The molecule has 2 saturated heterocycles. The van der Waals surface area contributed by atoms with Crippen LogP contribution >= 0.6 is 0 Å². The van der Waals surface area contributed by atoms with Crippen molar-refractivity contribution in [3.05, 3.63) is 0 Å². The van der Waals surface area contributed by atoms with Crippen molar-refractivity contribution in [1.29, 1.82) is 0 Å². The minimum absolute atomic E-state index is 0.285. The fraction of sp³-hybridized carbons (Fsp3) is 1.00. The van der Waals surface area contributed by atoms with Crippen molar-refractivity contribution in [3.8, 4) is 0 Å². The third-order valence-corrected chi connectivity index (χ3v) is 4.46. The largest absolute Gasteiger partial charge is 0.389 e. The van der Waals surface area contributed by atoms with Crippen LogP contribution in [0.25, 0.3) is 0 Å². The molecule has 2 aliphatic heterocycles. The molecule has 118 valence electrons. The summed E-state index contributed by atoms with van der Waals surface area (Å²) in [5.74, 6) is 0.831. The van der Waals surface area contributed by atoms with Gasteiger partial charge in [0, 0.05) is 26.3 Å². The van der Waals surface area contributed by atoms with Gasteiger partial charge in [-0.2, -0.15) is 0 Å². The summed E-state index contributed by atoms with van der Waals surface area (Å²) < 4.78 is 11.1. The van der Waals surface area contributed by atoms with Gasteiger partial charge >= 0.3 is 0 Å². The Balaban J connectivity index is 1.61. The fourth-order valence-corrected chi connectivity index (χ4v) is 3.40. The lowest BCUT2D eigenvalue weighted by molar-refractivity contribution is -0.0657. The Labute approximate surface area is 123 Å². The summed E-state index contributed by atoms with van der Waals surface area (Å²) >= 11 is 0. The molecule has 4 heteroatoms. The van der Waals surface area contributed by atoms with E-state index in [-0.39, 0.29) is 12.2 Å². The molecule has 0 saturated carbocycles. The molecule has 0 spiro atoms. The van der Waals surface area contributed by atoms with Crippen LogP contribution in [-0.4, -0.2) is 61.7 Å². The maximum atomic E-state index is 10.2. The number of nitrogens with zero attached hydrogens (tertiary/aromatic N) is 1. The molecule has 2 fully saturated rings. The van der Waals surface area contributed by atoms with Crippen molar-refractivity contribution < 1.29 is 14.6 Å². The molecule has 2 atom stereocenters. The molecule has 0 bridgehead atoms. The maximum Gasteiger partial charge on any atom is 0.0900 e. The number of hydrogen-bond acceptors (Lipinski definition) is 4. The molecule has 0 radical (unpaired) electrons. The van der Waals surface area contributed by atoms with Crippen LogP contribution in [-0.2, 0) is 9.47 Å². The van der Waals surface area contributed by atoms with Crippen LogP contribution in [0.2, 0.25) is 0 Å². The Morgan fingerprint density at radius 2 is 2.10 bits per heavy atom. The van der Waals surface area contributed by atoms with Crippen molar-refractivity contribution in [1.82, 2.24) is 4.90 Å². The molecule has 1 N–H and O–H groups in total. The second kappa shape index (κ2) is 8.98. The number of aliphatic hydroxyl groups is 1. The van der Waals surface area contributed by atoms with E-state index in [0.717, 1.165) is 51.6 Å². The molecule has 0 aromatic heterocycles. The van der Waals surface area contributed by atoms with Gasteiger partial charge in [-0.3, -0.25) is 0 Å². The molecular formula is C16H31NO3. The number of aliphatic hydroxyl groups excluding tert-OH is 1. The molecule has 2 aliphatic rings. The summed E-state index contributed by atoms with van der Waals surface area (Å²) in [5.41, 5.74) is 0. The van der Waals surface area contributed by atoms with E-state index in [2.05, 4.69) is 11.8 Å². The molecule has 20 heavy (non-hydrogen) atoms. The smallest absolute Gasteiger partial charge is 0.0900 e.